The number of rotatable bonds is 8. The van der Waals surface area contributed by atoms with Gasteiger partial charge < -0.3 is 35.8 Å². The SMILES string of the molecule is CO[C@@H](C(=O)N[C@H]1CC[C@H](O)CNC1=O)[C@H](O)[C@@H](O)[C@H](O)/C=C/C(C)C. The number of methoxy groups -OCH3 is 1. The van der Waals surface area contributed by atoms with E-state index in [1.54, 1.807) is 6.08 Å². The molecule has 0 aromatic heterocycles. The van der Waals surface area contributed by atoms with Crippen LogP contribution < -0.4 is 10.6 Å². The molecule has 1 saturated heterocycles. The molecule has 9 nitrogen and oxygen atoms in total. The Kier molecular flexibility index (Phi) is 9.17. The van der Waals surface area contributed by atoms with Crippen molar-refractivity contribution in [2.75, 3.05) is 13.7 Å². The molecule has 6 atom stereocenters. The molecule has 1 aliphatic rings. The fraction of sp³-hybridized carbons (Fsp3) is 0.765. The van der Waals surface area contributed by atoms with E-state index in [1.165, 1.54) is 13.2 Å². The molecule has 6 N–H and O–H groups in total. The van der Waals surface area contributed by atoms with Gasteiger partial charge in [-0.05, 0) is 18.8 Å². The van der Waals surface area contributed by atoms with Crippen LogP contribution in [0, 0.1) is 5.92 Å². The molecule has 0 aromatic rings. The highest BCUT2D eigenvalue weighted by Gasteiger charge is 2.37. The zero-order valence-corrected chi connectivity index (χ0v) is 15.3. The van der Waals surface area contributed by atoms with Crippen LogP contribution >= 0.6 is 0 Å². The molecule has 1 rings (SSSR count). The molecule has 0 radical (unpaired) electrons. The molecule has 1 heterocycles. The van der Waals surface area contributed by atoms with E-state index >= 15 is 0 Å². The Bertz CT molecular complexity index is 498. The molecule has 150 valence electrons. The van der Waals surface area contributed by atoms with Gasteiger partial charge in [0, 0.05) is 13.7 Å². The molecule has 0 unspecified atom stereocenters. The van der Waals surface area contributed by atoms with E-state index in [0.29, 0.717) is 6.42 Å². The molecular formula is C17H30N2O7. The van der Waals surface area contributed by atoms with E-state index in [9.17, 15) is 30.0 Å². The lowest BCUT2D eigenvalue weighted by Gasteiger charge is -2.28. The third-order valence-electron chi connectivity index (χ3n) is 4.15. The van der Waals surface area contributed by atoms with Crippen molar-refractivity contribution >= 4 is 11.8 Å². The van der Waals surface area contributed by atoms with Gasteiger partial charge >= 0.3 is 0 Å². The highest BCUT2D eigenvalue weighted by molar-refractivity contribution is 5.89. The molecule has 9 heteroatoms. The number of aliphatic hydroxyl groups is 4. The van der Waals surface area contributed by atoms with Crippen molar-refractivity contribution in [1.29, 1.82) is 0 Å². The molecule has 0 saturated carbocycles. The summed E-state index contributed by atoms with van der Waals surface area (Å²) in [7, 11) is 1.17. The first-order valence-electron chi connectivity index (χ1n) is 8.68. The predicted octanol–water partition coefficient (Wildman–Crippen LogP) is -1.95. The van der Waals surface area contributed by atoms with E-state index in [4.69, 9.17) is 4.74 Å². The number of allylic oxidation sites excluding steroid dienone is 1. The second-order valence-corrected chi connectivity index (χ2v) is 6.79. The van der Waals surface area contributed by atoms with Crippen LogP contribution in [0.25, 0.3) is 0 Å². The minimum atomic E-state index is -1.70. The zero-order valence-electron chi connectivity index (χ0n) is 15.3. The maximum absolute atomic E-state index is 12.4. The number of ether oxygens (including phenoxy) is 1. The number of β-amino-alcohol motifs (C(OH)–C–C–N with tert-alkyl or cyclic N) is 1. The van der Waals surface area contributed by atoms with Crippen LogP contribution in [0.2, 0.25) is 0 Å². The van der Waals surface area contributed by atoms with Gasteiger partial charge in [-0.2, -0.15) is 0 Å². The summed E-state index contributed by atoms with van der Waals surface area (Å²) in [5.41, 5.74) is 0. The maximum Gasteiger partial charge on any atom is 0.252 e. The third-order valence-corrected chi connectivity index (χ3v) is 4.15. The van der Waals surface area contributed by atoms with Gasteiger partial charge in [-0.3, -0.25) is 9.59 Å². The van der Waals surface area contributed by atoms with Gasteiger partial charge in [-0.25, -0.2) is 0 Å². The number of hydrogen-bond donors (Lipinski definition) is 6. The van der Waals surface area contributed by atoms with Crippen molar-refractivity contribution in [2.45, 2.75) is 63.3 Å². The number of amides is 2. The van der Waals surface area contributed by atoms with Gasteiger partial charge in [0.2, 0.25) is 5.91 Å². The van der Waals surface area contributed by atoms with Crippen molar-refractivity contribution in [1.82, 2.24) is 10.6 Å². The van der Waals surface area contributed by atoms with Crippen LogP contribution in [0.15, 0.2) is 12.2 Å². The molecule has 0 spiro atoms. The Labute approximate surface area is 153 Å². The predicted molar refractivity (Wildman–Crippen MR) is 93.0 cm³/mol. The number of carbonyl (C=O) groups excluding carboxylic acids is 2. The van der Waals surface area contributed by atoms with Crippen molar-refractivity contribution in [3.63, 3.8) is 0 Å². The van der Waals surface area contributed by atoms with Crippen LogP contribution in [-0.4, -0.2) is 82.5 Å². The largest absolute Gasteiger partial charge is 0.391 e. The van der Waals surface area contributed by atoms with Crippen LogP contribution in [0.5, 0.6) is 0 Å². The van der Waals surface area contributed by atoms with E-state index in [2.05, 4.69) is 10.6 Å². The smallest absolute Gasteiger partial charge is 0.252 e. The maximum atomic E-state index is 12.4. The summed E-state index contributed by atoms with van der Waals surface area (Å²) in [6.45, 7) is 3.87. The minimum absolute atomic E-state index is 0.106. The summed E-state index contributed by atoms with van der Waals surface area (Å²) in [6, 6.07) is -0.882. The van der Waals surface area contributed by atoms with Crippen LogP contribution in [-0.2, 0) is 14.3 Å². The zero-order chi connectivity index (χ0) is 19.9. The van der Waals surface area contributed by atoms with E-state index < -0.39 is 48.4 Å². The van der Waals surface area contributed by atoms with Gasteiger partial charge in [0.1, 0.15) is 24.4 Å². The van der Waals surface area contributed by atoms with E-state index in [1.807, 2.05) is 13.8 Å². The van der Waals surface area contributed by atoms with Gasteiger partial charge in [0.05, 0.1) is 6.10 Å². The molecule has 2 amide bonds. The third kappa shape index (κ3) is 6.65. The Hall–Kier alpha value is -1.52. The number of nitrogens with one attached hydrogen (secondary N) is 2. The van der Waals surface area contributed by atoms with E-state index in [0.717, 1.165) is 0 Å². The molecule has 0 aromatic carbocycles. The van der Waals surface area contributed by atoms with Crippen molar-refractivity contribution in [2.24, 2.45) is 5.92 Å². The molecule has 1 aliphatic heterocycles. The quantitative estimate of drug-likeness (QED) is 0.271. The molecule has 1 fully saturated rings. The summed E-state index contributed by atoms with van der Waals surface area (Å²) < 4.78 is 4.96. The molecule has 0 bridgehead atoms. The number of carbonyl (C=O) groups is 2. The topological polar surface area (TPSA) is 148 Å². The van der Waals surface area contributed by atoms with Gasteiger partial charge in [-0.1, -0.05) is 26.0 Å². The molecule has 0 aliphatic carbocycles. The highest BCUT2D eigenvalue weighted by atomic mass is 16.5. The lowest BCUT2D eigenvalue weighted by Crippen LogP contribution is -2.55. The fourth-order valence-corrected chi connectivity index (χ4v) is 2.56. The monoisotopic (exact) mass is 374 g/mol. The van der Waals surface area contributed by atoms with Crippen LogP contribution in [0.4, 0.5) is 0 Å². The van der Waals surface area contributed by atoms with Crippen molar-refractivity contribution in [3.05, 3.63) is 12.2 Å². The normalized spacial score (nSPS) is 26.1. The van der Waals surface area contributed by atoms with Crippen molar-refractivity contribution in [3.8, 4) is 0 Å². The van der Waals surface area contributed by atoms with Crippen molar-refractivity contribution < 1.29 is 34.8 Å². The number of aliphatic hydroxyl groups excluding tert-OH is 4. The van der Waals surface area contributed by atoms with Crippen LogP contribution in [0.1, 0.15) is 26.7 Å². The Morgan fingerprint density at radius 1 is 1.23 bits per heavy atom. The average Bonchev–Trinajstić information content (AvgIpc) is 2.75. The Morgan fingerprint density at radius 2 is 1.88 bits per heavy atom. The van der Waals surface area contributed by atoms with Gasteiger partial charge in [-0.15, -0.1) is 0 Å². The number of hydrogen-bond acceptors (Lipinski definition) is 7. The lowest BCUT2D eigenvalue weighted by molar-refractivity contribution is -0.150. The summed E-state index contributed by atoms with van der Waals surface area (Å²) >= 11 is 0. The Morgan fingerprint density at radius 3 is 2.46 bits per heavy atom. The minimum Gasteiger partial charge on any atom is -0.391 e. The average molecular weight is 374 g/mol. The summed E-state index contributed by atoms with van der Waals surface area (Å²) in [5.74, 6) is -1.10. The first-order chi connectivity index (χ1) is 12.2. The molecular weight excluding hydrogens is 344 g/mol. The highest BCUT2D eigenvalue weighted by Crippen LogP contribution is 2.12. The first-order valence-corrected chi connectivity index (χ1v) is 8.68. The van der Waals surface area contributed by atoms with Crippen LogP contribution in [0.3, 0.4) is 0 Å². The van der Waals surface area contributed by atoms with Gasteiger partial charge in [0.15, 0.2) is 6.10 Å². The molecule has 26 heavy (non-hydrogen) atoms. The standard InChI is InChI=1S/C17H30N2O7/c1-9(2)4-7-12(21)13(22)14(23)15(26-3)17(25)19-11-6-5-10(20)8-18-16(11)24/h4,7,9-15,20-23H,5-6,8H2,1-3H3,(H,18,24)(H,19,25)/b7-4+/t10-,11-,12+,13-,14+,15+/m0/s1. The lowest BCUT2D eigenvalue weighted by atomic mass is 10.00. The summed E-state index contributed by atoms with van der Waals surface area (Å²) in [6.07, 6.45) is -3.35. The summed E-state index contributed by atoms with van der Waals surface area (Å²) in [4.78, 5) is 24.3. The first kappa shape index (κ1) is 22.5. The Balaban J connectivity index is 2.73. The van der Waals surface area contributed by atoms with Gasteiger partial charge in [0.25, 0.3) is 5.91 Å². The fourth-order valence-electron chi connectivity index (χ4n) is 2.56. The second-order valence-electron chi connectivity index (χ2n) is 6.79. The summed E-state index contributed by atoms with van der Waals surface area (Å²) in [5, 5.41) is 44.7. The second kappa shape index (κ2) is 10.6. The van der Waals surface area contributed by atoms with E-state index in [-0.39, 0.29) is 18.9 Å².